The molecule has 23 heavy (non-hydrogen) atoms. The molecule has 0 spiro atoms. The zero-order valence-electron chi connectivity index (χ0n) is 13.1. The molecule has 2 aromatic rings. The Balaban J connectivity index is 2.04. The van der Waals surface area contributed by atoms with E-state index in [2.05, 4.69) is 10.0 Å². The second-order valence-corrected chi connectivity index (χ2v) is 7.27. The van der Waals surface area contributed by atoms with E-state index in [9.17, 15) is 17.6 Å². The number of sulfonamides is 1. The molecule has 1 aromatic carbocycles. The van der Waals surface area contributed by atoms with Crippen LogP contribution in [0.3, 0.4) is 0 Å². The summed E-state index contributed by atoms with van der Waals surface area (Å²) in [5.41, 5.74) is 1.32. The SMILES string of the molecule is Cc1c([C@@H](C)NC(=O)CCNS(C)(=O)=O)oc2ccc(F)cc12. The van der Waals surface area contributed by atoms with Crippen molar-refractivity contribution in [1.29, 1.82) is 0 Å². The van der Waals surface area contributed by atoms with Crippen molar-refractivity contribution in [1.82, 2.24) is 10.0 Å². The minimum atomic E-state index is -3.31. The molecule has 0 saturated heterocycles. The molecule has 6 nitrogen and oxygen atoms in total. The molecule has 0 fully saturated rings. The monoisotopic (exact) mass is 342 g/mol. The lowest BCUT2D eigenvalue weighted by molar-refractivity contribution is -0.121. The number of aryl methyl sites for hydroxylation is 1. The van der Waals surface area contributed by atoms with Crippen LogP contribution in [0, 0.1) is 12.7 Å². The summed E-state index contributed by atoms with van der Waals surface area (Å²) in [7, 11) is -3.31. The van der Waals surface area contributed by atoms with Gasteiger partial charge in [0, 0.05) is 23.9 Å². The zero-order valence-corrected chi connectivity index (χ0v) is 14.0. The Morgan fingerprint density at radius 3 is 2.74 bits per heavy atom. The summed E-state index contributed by atoms with van der Waals surface area (Å²) >= 11 is 0. The van der Waals surface area contributed by atoms with Crippen LogP contribution in [0.2, 0.25) is 0 Å². The Bertz CT molecular complexity index is 829. The molecule has 1 atom stereocenters. The van der Waals surface area contributed by atoms with Crippen LogP contribution >= 0.6 is 0 Å². The molecule has 0 aliphatic carbocycles. The molecular formula is C15H19FN2O4S. The number of hydrogen-bond donors (Lipinski definition) is 2. The van der Waals surface area contributed by atoms with E-state index in [0.29, 0.717) is 16.7 Å². The first-order chi connectivity index (χ1) is 10.7. The van der Waals surface area contributed by atoms with Gasteiger partial charge in [0.15, 0.2) is 0 Å². The van der Waals surface area contributed by atoms with E-state index in [-0.39, 0.29) is 24.7 Å². The number of furan rings is 1. The van der Waals surface area contributed by atoms with Crippen LogP contribution in [0.25, 0.3) is 11.0 Å². The third-order valence-corrected chi connectivity index (χ3v) is 4.15. The molecule has 1 aromatic heterocycles. The van der Waals surface area contributed by atoms with E-state index >= 15 is 0 Å². The number of halogens is 1. The lowest BCUT2D eigenvalue weighted by Crippen LogP contribution is -2.31. The van der Waals surface area contributed by atoms with Crippen molar-refractivity contribution in [3.63, 3.8) is 0 Å². The minimum Gasteiger partial charge on any atom is -0.459 e. The Kier molecular flexibility index (Phi) is 5.06. The fourth-order valence-corrected chi connectivity index (χ4v) is 2.83. The summed E-state index contributed by atoms with van der Waals surface area (Å²) in [4.78, 5) is 11.8. The molecule has 2 N–H and O–H groups in total. The highest BCUT2D eigenvalue weighted by atomic mass is 32.2. The molecule has 1 heterocycles. The first kappa shape index (κ1) is 17.4. The maximum atomic E-state index is 13.3. The third-order valence-electron chi connectivity index (χ3n) is 3.42. The van der Waals surface area contributed by atoms with Gasteiger partial charge in [-0.3, -0.25) is 4.79 Å². The van der Waals surface area contributed by atoms with Crippen molar-refractivity contribution in [2.24, 2.45) is 0 Å². The lowest BCUT2D eigenvalue weighted by Gasteiger charge is -2.12. The summed E-state index contributed by atoms with van der Waals surface area (Å²) in [5, 5.41) is 3.40. The fraction of sp³-hybridized carbons (Fsp3) is 0.400. The highest BCUT2D eigenvalue weighted by molar-refractivity contribution is 7.88. The van der Waals surface area contributed by atoms with Crippen molar-refractivity contribution in [2.75, 3.05) is 12.8 Å². The maximum Gasteiger partial charge on any atom is 0.221 e. The van der Waals surface area contributed by atoms with E-state index in [1.54, 1.807) is 19.9 Å². The van der Waals surface area contributed by atoms with Gasteiger partial charge in [-0.25, -0.2) is 17.5 Å². The van der Waals surface area contributed by atoms with Gasteiger partial charge in [0.1, 0.15) is 17.2 Å². The van der Waals surface area contributed by atoms with E-state index in [0.717, 1.165) is 11.8 Å². The maximum absolute atomic E-state index is 13.3. The number of amides is 1. The number of benzene rings is 1. The Labute approximate surface area is 134 Å². The van der Waals surface area contributed by atoms with Gasteiger partial charge in [-0.1, -0.05) is 0 Å². The normalized spacial score (nSPS) is 13.2. The van der Waals surface area contributed by atoms with Crippen LogP contribution in [0.1, 0.15) is 30.7 Å². The molecule has 0 aliphatic heterocycles. The van der Waals surface area contributed by atoms with Gasteiger partial charge in [0.25, 0.3) is 0 Å². The lowest BCUT2D eigenvalue weighted by atomic mass is 10.1. The molecule has 0 unspecified atom stereocenters. The van der Waals surface area contributed by atoms with Crippen LogP contribution in [-0.2, 0) is 14.8 Å². The Morgan fingerprint density at radius 2 is 2.09 bits per heavy atom. The van der Waals surface area contributed by atoms with Gasteiger partial charge in [-0.15, -0.1) is 0 Å². The van der Waals surface area contributed by atoms with Crippen LogP contribution in [0.5, 0.6) is 0 Å². The largest absolute Gasteiger partial charge is 0.459 e. The molecule has 2 rings (SSSR count). The van der Waals surface area contributed by atoms with Gasteiger partial charge >= 0.3 is 0 Å². The number of hydrogen-bond acceptors (Lipinski definition) is 4. The van der Waals surface area contributed by atoms with Crippen LogP contribution in [0.15, 0.2) is 22.6 Å². The molecule has 0 aliphatic rings. The van der Waals surface area contributed by atoms with Crippen molar-refractivity contribution in [3.05, 3.63) is 35.3 Å². The van der Waals surface area contributed by atoms with Crippen molar-refractivity contribution < 1.29 is 22.0 Å². The average Bonchev–Trinajstić information content (AvgIpc) is 2.74. The van der Waals surface area contributed by atoms with Crippen LogP contribution in [-0.4, -0.2) is 27.1 Å². The quantitative estimate of drug-likeness (QED) is 0.840. The smallest absolute Gasteiger partial charge is 0.221 e. The Hall–Kier alpha value is -1.93. The van der Waals surface area contributed by atoms with Gasteiger partial charge in [0.2, 0.25) is 15.9 Å². The van der Waals surface area contributed by atoms with Crippen LogP contribution < -0.4 is 10.0 Å². The third kappa shape index (κ3) is 4.52. The highest BCUT2D eigenvalue weighted by Crippen LogP contribution is 2.29. The van der Waals surface area contributed by atoms with E-state index < -0.39 is 16.1 Å². The summed E-state index contributed by atoms with van der Waals surface area (Å²) in [5.74, 6) is -0.105. The average molecular weight is 342 g/mol. The van der Waals surface area contributed by atoms with E-state index in [1.807, 2.05) is 0 Å². The predicted molar refractivity (Wildman–Crippen MR) is 84.9 cm³/mol. The summed E-state index contributed by atoms with van der Waals surface area (Å²) < 4.78 is 43.1. The fourth-order valence-electron chi connectivity index (χ4n) is 2.35. The topological polar surface area (TPSA) is 88.4 Å². The van der Waals surface area contributed by atoms with Crippen molar-refractivity contribution >= 4 is 26.9 Å². The molecule has 0 saturated carbocycles. The minimum absolute atomic E-state index is 0.0192. The highest BCUT2D eigenvalue weighted by Gasteiger charge is 2.18. The van der Waals surface area contributed by atoms with Gasteiger partial charge in [-0.2, -0.15) is 0 Å². The molecule has 126 valence electrons. The first-order valence-electron chi connectivity index (χ1n) is 7.10. The summed E-state index contributed by atoms with van der Waals surface area (Å²) in [6, 6.07) is 3.85. The summed E-state index contributed by atoms with van der Waals surface area (Å²) in [6.45, 7) is 3.58. The molecule has 0 bridgehead atoms. The number of nitrogens with one attached hydrogen (secondary N) is 2. The van der Waals surface area contributed by atoms with Crippen molar-refractivity contribution in [2.45, 2.75) is 26.3 Å². The van der Waals surface area contributed by atoms with Crippen LogP contribution in [0.4, 0.5) is 4.39 Å². The molecule has 0 radical (unpaired) electrons. The van der Waals surface area contributed by atoms with E-state index in [4.69, 9.17) is 4.42 Å². The number of carbonyl (C=O) groups excluding carboxylic acids is 1. The van der Waals surface area contributed by atoms with Gasteiger partial charge in [-0.05, 0) is 32.0 Å². The molecule has 8 heteroatoms. The Morgan fingerprint density at radius 1 is 1.39 bits per heavy atom. The predicted octanol–water partition coefficient (Wildman–Crippen LogP) is 2.00. The zero-order chi connectivity index (χ0) is 17.2. The summed E-state index contributed by atoms with van der Waals surface area (Å²) in [6.07, 6.45) is 1.05. The second-order valence-electron chi connectivity index (χ2n) is 5.44. The van der Waals surface area contributed by atoms with Gasteiger partial charge < -0.3 is 9.73 Å². The van der Waals surface area contributed by atoms with Crippen molar-refractivity contribution in [3.8, 4) is 0 Å². The first-order valence-corrected chi connectivity index (χ1v) is 8.99. The number of rotatable bonds is 6. The van der Waals surface area contributed by atoms with E-state index in [1.165, 1.54) is 12.1 Å². The number of fused-ring (bicyclic) bond motifs is 1. The standard InChI is InChI=1S/C15H19FN2O4S/c1-9-12-8-11(16)4-5-13(12)22-15(9)10(2)18-14(19)6-7-17-23(3,20)21/h4-5,8,10,17H,6-7H2,1-3H3,(H,18,19)/t10-/m1/s1. The molecule has 1 amide bonds. The number of carbonyl (C=O) groups is 1. The second kappa shape index (κ2) is 6.67. The molecular weight excluding hydrogens is 323 g/mol. The van der Waals surface area contributed by atoms with Gasteiger partial charge in [0.05, 0.1) is 12.3 Å².